The molecule has 0 aliphatic carbocycles. The summed E-state index contributed by atoms with van der Waals surface area (Å²) in [6.07, 6.45) is 1.00. The van der Waals surface area contributed by atoms with Crippen molar-refractivity contribution in [3.8, 4) is 0 Å². The average molecular weight is 322 g/mol. The predicted molar refractivity (Wildman–Crippen MR) is 95.1 cm³/mol. The highest BCUT2D eigenvalue weighted by Crippen LogP contribution is 2.26. The van der Waals surface area contributed by atoms with Crippen LogP contribution in [0.1, 0.15) is 29.0 Å². The number of hydrogen-bond acceptors (Lipinski definition) is 2. The van der Waals surface area contributed by atoms with Gasteiger partial charge in [-0.1, -0.05) is 54.6 Å². The van der Waals surface area contributed by atoms with Gasteiger partial charge in [0.15, 0.2) is 0 Å². The summed E-state index contributed by atoms with van der Waals surface area (Å²) in [6, 6.07) is 17.7. The largest absolute Gasteiger partial charge is 0.384 e. The molecule has 24 heavy (non-hydrogen) atoms. The van der Waals surface area contributed by atoms with Gasteiger partial charge >= 0.3 is 6.03 Å². The van der Waals surface area contributed by atoms with Gasteiger partial charge in [0.05, 0.1) is 0 Å². The van der Waals surface area contributed by atoms with Gasteiger partial charge in [-0.05, 0) is 17.5 Å². The molecule has 1 saturated heterocycles. The summed E-state index contributed by atoms with van der Waals surface area (Å²) >= 11 is 0. The number of carbonyl (C=O) groups excluding carboxylic acids is 1. The fourth-order valence-corrected chi connectivity index (χ4v) is 3.03. The van der Waals surface area contributed by atoms with E-state index in [1.807, 2.05) is 35.2 Å². The number of rotatable bonds is 4. The van der Waals surface area contributed by atoms with Crippen LogP contribution in [0.15, 0.2) is 54.6 Å². The van der Waals surface area contributed by atoms with Gasteiger partial charge in [-0.15, -0.1) is 0 Å². The molecule has 0 aromatic heterocycles. The van der Waals surface area contributed by atoms with Crippen LogP contribution in [-0.4, -0.2) is 29.9 Å². The van der Waals surface area contributed by atoms with E-state index in [0.29, 0.717) is 18.0 Å². The van der Waals surface area contributed by atoms with Crippen LogP contribution in [0.4, 0.5) is 4.79 Å². The molecule has 1 unspecified atom stereocenters. The Hall–Kier alpha value is -2.82. The van der Waals surface area contributed by atoms with E-state index in [4.69, 9.17) is 11.1 Å². The van der Waals surface area contributed by atoms with E-state index in [0.717, 1.165) is 25.1 Å². The SMILES string of the molecule is N=C(N)c1ccc(CNC(=O)N2CCC(c3ccccc3)C2)cc1. The van der Waals surface area contributed by atoms with E-state index < -0.39 is 0 Å². The maximum Gasteiger partial charge on any atom is 0.317 e. The summed E-state index contributed by atoms with van der Waals surface area (Å²) < 4.78 is 0. The van der Waals surface area contributed by atoms with Crippen molar-refractivity contribution in [2.75, 3.05) is 13.1 Å². The van der Waals surface area contributed by atoms with Crippen molar-refractivity contribution in [3.63, 3.8) is 0 Å². The number of nitrogens with two attached hydrogens (primary N) is 1. The molecule has 124 valence electrons. The molecule has 5 nitrogen and oxygen atoms in total. The third-order valence-electron chi connectivity index (χ3n) is 4.46. The van der Waals surface area contributed by atoms with Crippen LogP contribution in [0.25, 0.3) is 0 Å². The first-order valence-electron chi connectivity index (χ1n) is 8.14. The Bertz CT molecular complexity index is 712. The second-order valence-corrected chi connectivity index (χ2v) is 6.11. The summed E-state index contributed by atoms with van der Waals surface area (Å²) in [7, 11) is 0. The molecule has 1 atom stereocenters. The van der Waals surface area contributed by atoms with Crippen molar-refractivity contribution in [3.05, 3.63) is 71.3 Å². The Morgan fingerprint density at radius 1 is 1.17 bits per heavy atom. The molecule has 3 rings (SSSR count). The lowest BCUT2D eigenvalue weighted by Gasteiger charge is -2.17. The number of carbonyl (C=O) groups is 1. The van der Waals surface area contributed by atoms with Gasteiger partial charge in [-0.2, -0.15) is 0 Å². The van der Waals surface area contributed by atoms with E-state index >= 15 is 0 Å². The highest BCUT2D eigenvalue weighted by molar-refractivity contribution is 5.94. The Labute approximate surface area is 142 Å². The molecule has 4 N–H and O–H groups in total. The molecule has 2 amide bonds. The molecule has 1 fully saturated rings. The maximum atomic E-state index is 12.3. The minimum atomic E-state index is -0.0240. The standard InChI is InChI=1S/C19H22N4O/c20-18(21)16-8-6-14(7-9-16)12-22-19(24)23-11-10-17(13-23)15-4-2-1-3-5-15/h1-9,17H,10-13H2,(H3,20,21)(H,22,24). The van der Waals surface area contributed by atoms with Crippen LogP contribution < -0.4 is 11.1 Å². The second-order valence-electron chi connectivity index (χ2n) is 6.11. The molecule has 5 heteroatoms. The monoisotopic (exact) mass is 322 g/mol. The van der Waals surface area contributed by atoms with Crippen molar-refractivity contribution in [1.29, 1.82) is 5.41 Å². The van der Waals surface area contributed by atoms with Crippen molar-refractivity contribution >= 4 is 11.9 Å². The number of hydrogen-bond donors (Lipinski definition) is 3. The fraction of sp³-hybridized carbons (Fsp3) is 0.263. The molecule has 1 heterocycles. The molecule has 0 saturated carbocycles. The van der Waals surface area contributed by atoms with Crippen LogP contribution in [0.2, 0.25) is 0 Å². The molecular formula is C19H22N4O. The van der Waals surface area contributed by atoms with Gasteiger partial charge < -0.3 is 16.0 Å². The maximum absolute atomic E-state index is 12.3. The number of nitrogens with zero attached hydrogens (tertiary/aromatic N) is 1. The van der Waals surface area contributed by atoms with Gasteiger partial charge in [0, 0.05) is 31.1 Å². The number of amides is 2. The minimum absolute atomic E-state index is 0.0240. The summed E-state index contributed by atoms with van der Waals surface area (Å²) in [5, 5.41) is 10.3. The minimum Gasteiger partial charge on any atom is -0.384 e. The number of amidine groups is 1. The number of nitrogens with one attached hydrogen (secondary N) is 2. The lowest BCUT2D eigenvalue weighted by atomic mass is 9.99. The third-order valence-corrected chi connectivity index (χ3v) is 4.46. The molecule has 2 aromatic carbocycles. The average Bonchev–Trinajstić information content (AvgIpc) is 3.11. The molecule has 1 aliphatic heterocycles. The van der Waals surface area contributed by atoms with E-state index in [1.54, 1.807) is 12.1 Å². The Kier molecular flexibility index (Phi) is 4.79. The van der Waals surface area contributed by atoms with E-state index in [2.05, 4.69) is 17.4 Å². The lowest BCUT2D eigenvalue weighted by Crippen LogP contribution is -2.37. The normalized spacial score (nSPS) is 16.8. The van der Waals surface area contributed by atoms with Gasteiger partial charge in [0.25, 0.3) is 0 Å². The summed E-state index contributed by atoms with van der Waals surface area (Å²) in [5.41, 5.74) is 8.42. The van der Waals surface area contributed by atoms with Crippen LogP contribution >= 0.6 is 0 Å². The summed E-state index contributed by atoms with van der Waals surface area (Å²) in [6.45, 7) is 2.03. The van der Waals surface area contributed by atoms with Crippen LogP contribution in [0, 0.1) is 5.41 Å². The molecule has 0 radical (unpaired) electrons. The van der Waals surface area contributed by atoms with Gasteiger partial charge in [0.1, 0.15) is 5.84 Å². The zero-order chi connectivity index (χ0) is 16.9. The quantitative estimate of drug-likeness (QED) is 0.597. The zero-order valence-corrected chi connectivity index (χ0v) is 13.5. The van der Waals surface area contributed by atoms with Crippen LogP contribution in [-0.2, 0) is 6.54 Å². The number of urea groups is 1. The Morgan fingerprint density at radius 3 is 2.54 bits per heavy atom. The number of benzene rings is 2. The zero-order valence-electron chi connectivity index (χ0n) is 13.5. The van der Waals surface area contributed by atoms with Crippen molar-refractivity contribution in [2.24, 2.45) is 5.73 Å². The number of nitrogen functional groups attached to an aromatic ring is 1. The highest BCUT2D eigenvalue weighted by Gasteiger charge is 2.26. The van der Waals surface area contributed by atoms with Gasteiger partial charge in [-0.25, -0.2) is 4.79 Å². The van der Waals surface area contributed by atoms with Crippen molar-refractivity contribution in [1.82, 2.24) is 10.2 Å². The molecular weight excluding hydrogens is 300 g/mol. The smallest absolute Gasteiger partial charge is 0.317 e. The molecule has 1 aliphatic rings. The van der Waals surface area contributed by atoms with E-state index in [9.17, 15) is 4.79 Å². The highest BCUT2D eigenvalue weighted by atomic mass is 16.2. The molecule has 0 bridgehead atoms. The van der Waals surface area contributed by atoms with Crippen LogP contribution in [0.5, 0.6) is 0 Å². The molecule has 0 spiro atoms. The summed E-state index contributed by atoms with van der Waals surface area (Å²) in [4.78, 5) is 14.2. The predicted octanol–water partition coefficient (Wildman–Crippen LogP) is 2.67. The van der Waals surface area contributed by atoms with Gasteiger partial charge in [0.2, 0.25) is 0 Å². The molecule has 2 aromatic rings. The summed E-state index contributed by atoms with van der Waals surface area (Å²) in [5.74, 6) is 0.474. The topological polar surface area (TPSA) is 82.2 Å². The van der Waals surface area contributed by atoms with Crippen LogP contribution in [0.3, 0.4) is 0 Å². The van der Waals surface area contributed by atoms with Gasteiger partial charge in [-0.3, -0.25) is 5.41 Å². The Morgan fingerprint density at radius 2 is 1.88 bits per heavy atom. The van der Waals surface area contributed by atoms with Crippen molar-refractivity contribution in [2.45, 2.75) is 18.9 Å². The van der Waals surface area contributed by atoms with E-state index in [-0.39, 0.29) is 11.9 Å². The fourth-order valence-electron chi connectivity index (χ4n) is 3.03. The lowest BCUT2D eigenvalue weighted by molar-refractivity contribution is 0.208. The first-order chi connectivity index (χ1) is 11.6. The number of likely N-dealkylation sites (tertiary alicyclic amines) is 1. The first-order valence-corrected chi connectivity index (χ1v) is 8.14. The Balaban J connectivity index is 1.51. The first kappa shape index (κ1) is 16.1. The second kappa shape index (κ2) is 7.17. The van der Waals surface area contributed by atoms with E-state index in [1.165, 1.54) is 5.56 Å². The third kappa shape index (κ3) is 3.74. The van der Waals surface area contributed by atoms with Crippen molar-refractivity contribution < 1.29 is 4.79 Å².